The fourth-order valence-corrected chi connectivity index (χ4v) is 2.54. The minimum absolute atomic E-state index is 0.760. The summed E-state index contributed by atoms with van der Waals surface area (Å²) in [5.41, 5.74) is 3.62. The van der Waals surface area contributed by atoms with Crippen molar-refractivity contribution in [1.82, 2.24) is 0 Å². The molecule has 0 aliphatic carbocycles. The van der Waals surface area contributed by atoms with Crippen LogP contribution in [0.2, 0.25) is 5.02 Å². The van der Waals surface area contributed by atoms with E-state index in [1.54, 1.807) is 0 Å². The van der Waals surface area contributed by atoms with Crippen LogP contribution in [0.1, 0.15) is 5.56 Å². The molecule has 0 spiro atoms. The first kappa shape index (κ1) is 14.2. The van der Waals surface area contributed by atoms with E-state index in [9.17, 15) is 0 Å². The highest BCUT2D eigenvalue weighted by Crippen LogP contribution is 2.18. The largest absolute Gasteiger partial charge is 0.381 e. The quantitative estimate of drug-likeness (QED) is 0.930. The van der Waals surface area contributed by atoms with Crippen LogP contribution in [0.15, 0.2) is 48.5 Å². The van der Waals surface area contributed by atoms with Gasteiger partial charge in [0.25, 0.3) is 0 Å². The molecule has 110 valence electrons. The van der Waals surface area contributed by atoms with Crippen molar-refractivity contribution in [3.8, 4) is 0 Å². The van der Waals surface area contributed by atoms with Crippen molar-refractivity contribution < 1.29 is 4.74 Å². The van der Waals surface area contributed by atoms with Crippen LogP contribution in [-0.2, 0) is 11.3 Å². The smallest absolute Gasteiger partial charge is 0.0642 e. The van der Waals surface area contributed by atoms with E-state index in [0.717, 1.165) is 43.6 Å². The predicted octanol–water partition coefficient (Wildman–Crippen LogP) is 3.79. The lowest BCUT2D eigenvalue weighted by Gasteiger charge is -2.28. The van der Waals surface area contributed by atoms with Crippen LogP contribution in [0, 0.1) is 0 Å². The van der Waals surface area contributed by atoms with E-state index < -0.39 is 0 Å². The fraction of sp³-hybridized carbons (Fsp3) is 0.294. The Bertz CT molecular complexity index is 562. The number of benzene rings is 2. The summed E-state index contributed by atoms with van der Waals surface area (Å²) >= 11 is 5.88. The molecule has 1 fully saturated rings. The molecule has 0 aromatic heterocycles. The van der Waals surface area contributed by atoms with E-state index in [2.05, 4.69) is 34.5 Å². The molecule has 0 unspecified atom stereocenters. The number of ether oxygens (including phenoxy) is 1. The molecule has 1 aliphatic rings. The van der Waals surface area contributed by atoms with Gasteiger partial charge in [-0.3, -0.25) is 0 Å². The third kappa shape index (κ3) is 3.90. The molecule has 2 aromatic carbocycles. The zero-order valence-corrected chi connectivity index (χ0v) is 12.6. The number of morpholine rings is 1. The van der Waals surface area contributed by atoms with Crippen molar-refractivity contribution in [3.63, 3.8) is 0 Å². The highest BCUT2D eigenvalue weighted by atomic mass is 35.5. The monoisotopic (exact) mass is 302 g/mol. The lowest BCUT2D eigenvalue weighted by atomic mass is 10.2. The van der Waals surface area contributed by atoms with E-state index in [1.807, 2.05) is 24.3 Å². The molecular weight excluding hydrogens is 284 g/mol. The second-order valence-electron chi connectivity index (χ2n) is 5.13. The Morgan fingerprint density at radius 1 is 0.952 bits per heavy atom. The molecule has 0 radical (unpaired) electrons. The van der Waals surface area contributed by atoms with Crippen LogP contribution in [0.5, 0.6) is 0 Å². The van der Waals surface area contributed by atoms with Gasteiger partial charge in [-0.1, -0.05) is 23.7 Å². The first-order chi connectivity index (χ1) is 10.3. The summed E-state index contributed by atoms with van der Waals surface area (Å²) in [7, 11) is 0. The number of halogens is 1. The number of nitrogens with zero attached hydrogens (tertiary/aromatic N) is 1. The van der Waals surface area contributed by atoms with Gasteiger partial charge in [-0.15, -0.1) is 0 Å². The maximum Gasteiger partial charge on any atom is 0.0642 e. The summed E-state index contributed by atoms with van der Waals surface area (Å²) in [4.78, 5) is 2.36. The lowest BCUT2D eigenvalue weighted by Crippen LogP contribution is -2.36. The second kappa shape index (κ2) is 6.83. The molecule has 0 bridgehead atoms. The number of hydrogen-bond donors (Lipinski definition) is 1. The normalized spacial score (nSPS) is 15.0. The Labute approximate surface area is 130 Å². The molecule has 1 N–H and O–H groups in total. The molecule has 0 saturated carbocycles. The predicted molar refractivity (Wildman–Crippen MR) is 88.3 cm³/mol. The molecule has 2 aromatic rings. The summed E-state index contributed by atoms with van der Waals surface area (Å²) in [5.74, 6) is 0. The fourth-order valence-electron chi connectivity index (χ4n) is 2.42. The van der Waals surface area contributed by atoms with Crippen molar-refractivity contribution in [2.45, 2.75) is 6.54 Å². The Morgan fingerprint density at radius 2 is 1.62 bits per heavy atom. The molecular formula is C17H19ClN2O. The lowest BCUT2D eigenvalue weighted by molar-refractivity contribution is 0.122. The third-order valence-corrected chi connectivity index (χ3v) is 3.91. The summed E-state index contributed by atoms with van der Waals surface area (Å²) in [6.45, 7) is 4.40. The van der Waals surface area contributed by atoms with Crippen LogP contribution in [-0.4, -0.2) is 26.3 Å². The molecule has 3 nitrogen and oxygen atoms in total. The second-order valence-corrected chi connectivity index (χ2v) is 5.56. The molecule has 21 heavy (non-hydrogen) atoms. The SMILES string of the molecule is Clc1ccc(NCc2ccc(N3CCOCC3)cc2)cc1. The standard InChI is InChI=1S/C17H19ClN2O/c18-15-3-5-16(6-4-15)19-13-14-1-7-17(8-2-14)20-9-11-21-12-10-20/h1-8,19H,9-13H2. The maximum absolute atomic E-state index is 5.88. The van der Waals surface area contributed by atoms with Gasteiger partial charge in [0.05, 0.1) is 13.2 Å². The van der Waals surface area contributed by atoms with Crippen LogP contribution in [0.4, 0.5) is 11.4 Å². The first-order valence-electron chi connectivity index (χ1n) is 7.22. The molecule has 0 atom stereocenters. The van der Waals surface area contributed by atoms with Crippen LogP contribution in [0.3, 0.4) is 0 Å². The van der Waals surface area contributed by atoms with Gasteiger partial charge in [0.1, 0.15) is 0 Å². The van der Waals surface area contributed by atoms with Gasteiger partial charge in [-0.25, -0.2) is 0 Å². The minimum Gasteiger partial charge on any atom is -0.381 e. The number of rotatable bonds is 4. The summed E-state index contributed by atoms with van der Waals surface area (Å²) < 4.78 is 5.38. The zero-order valence-electron chi connectivity index (χ0n) is 11.9. The van der Waals surface area contributed by atoms with Crippen LogP contribution < -0.4 is 10.2 Å². The van der Waals surface area contributed by atoms with E-state index in [0.29, 0.717) is 0 Å². The molecule has 0 amide bonds. The topological polar surface area (TPSA) is 24.5 Å². The number of hydrogen-bond acceptors (Lipinski definition) is 3. The van der Waals surface area contributed by atoms with E-state index in [1.165, 1.54) is 11.3 Å². The number of anilines is 2. The highest BCUT2D eigenvalue weighted by molar-refractivity contribution is 6.30. The average Bonchev–Trinajstić information content (AvgIpc) is 2.56. The molecule has 1 aliphatic heterocycles. The van der Waals surface area contributed by atoms with Crippen molar-refractivity contribution in [3.05, 3.63) is 59.1 Å². The third-order valence-electron chi connectivity index (χ3n) is 3.65. The van der Waals surface area contributed by atoms with Gasteiger partial charge < -0.3 is 15.0 Å². The zero-order chi connectivity index (χ0) is 14.5. The van der Waals surface area contributed by atoms with Crippen molar-refractivity contribution in [1.29, 1.82) is 0 Å². The van der Waals surface area contributed by atoms with E-state index >= 15 is 0 Å². The maximum atomic E-state index is 5.88. The van der Waals surface area contributed by atoms with Gasteiger partial charge in [0.2, 0.25) is 0 Å². The Morgan fingerprint density at radius 3 is 2.29 bits per heavy atom. The van der Waals surface area contributed by atoms with Crippen molar-refractivity contribution in [2.75, 3.05) is 36.5 Å². The average molecular weight is 303 g/mol. The summed E-state index contributed by atoms with van der Waals surface area (Å²) in [6, 6.07) is 16.5. The van der Waals surface area contributed by atoms with Crippen LogP contribution >= 0.6 is 11.6 Å². The first-order valence-corrected chi connectivity index (χ1v) is 7.60. The van der Waals surface area contributed by atoms with Crippen molar-refractivity contribution in [2.24, 2.45) is 0 Å². The Balaban J connectivity index is 1.57. The summed E-state index contributed by atoms with van der Waals surface area (Å²) in [5, 5.41) is 4.15. The molecule has 1 saturated heterocycles. The van der Waals surface area contributed by atoms with Crippen LogP contribution in [0.25, 0.3) is 0 Å². The van der Waals surface area contributed by atoms with Gasteiger partial charge >= 0.3 is 0 Å². The molecule has 4 heteroatoms. The minimum atomic E-state index is 0.760. The Kier molecular flexibility index (Phi) is 4.63. The van der Waals surface area contributed by atoms with Gasteiger partial charge in [-0.05, 0) is 42.0 Å². The van der Waals surface area contributed by atoms with E-state index in [-0.39, 0.29) is 0 Å². The van der Waals surface area contributed by atoms with Crippen molar-refractivity contribution >= 4 is 23.0 Å². The Hall–Kier alpha value is -1.71. The van der Waals surface area contributed by atoms with Gasteiger partial charge in [0.15, 0.2) is 0 Å². The summed E-state index contributed by atoms with van der Waals surface area (Å²) in [6.07, 6.45) is 0. The number of nitrogens with one attached hydrogen (secondary N) is 1. The molecule has 1 heterocycles. The van der Waals surface area contributed by atoms with Gasteiger partial charge in [-0.2, -0.15) is 0 Å². The highest BCUT2D eigenvalue weighted by Gasteiger charge is 2.10. The van der Waals surface area contributed by atoms with E-state index in [4.69, 9.17) is 16.3 Å². The van der Waals surface area contributed by atoms with Gasteiger partial charge in [0, 0.05) is 36.0 Å². The molecule has 3 rings (SSSR count).